The zero-order chi connectivity index (χ0) is 11.3. The summed E-state index contributed by atoms with van der Waals surface area (Å²) in [6.45, 7) is 4.87. The van der Waals surface area contributed by atoms with Gasteiger partial charge in [-0.15, -0.1) is 0 Å². The molecule has 0 bridgehead atoms. The third-order valence-corrected chi connectivity index (χ3v) is 2.45. The van der Waals surface area contributed by atoms with Crippen LogP contribution in [0.2, 0.25) is 0 Å². The van der Waals surface area contributed by atoms with E-state index in [0.29, 0.717) is 12.4 Å². The van der Waals surface area contributed by atoms with Crippen LogP contribution < -0.4 is 11.4 Å². The quantitative estimate of drug-likeness (QED) is 0.743. The maximum atomic E-state index is 11.4. The minimum atomic E-state index is -0.148. The predicted molar refractivity (Wildman–Crippen MR) is 59.6 cm³/mol. The summed E-state index contributed by atoms with van der Waals surface area (Å²) >= 11 is 0. The van der Waals surface area contributed by atoms with E-state index in [-0.39, 0.29) is 11.7 Å². The molecule has 0 spiro atoms. The molecule has 0 aliphatic heterocycles. The van der Waals surface area contributed by atoms with Gasteiger partial charge >= 0.3 is 5.69 Å². The minimum absolute atomic E-state index is 0.134. The molecule has 5 heteroatoms. The third-order valence-electron chi connectivity index (χ3n) is 2.45. The van der Waals surface area contributed by atoms with Crippen LogP contribution in [-0.2, 0) is 6.54 Å². The van der Waals surface area contributed by atoms with Crippen molar-refractivity contribution in [3.8, 4) is 0 Å². The maximum Gasteiger partial charge on any atom is 0.343 e. The Balaban J connectivity index is 2.82. The Morgan fingerprint density at radius 3 is 2.80 bits per heavy atom. The van der Waals surface area contributed by atoms with Crippen LogP contribution in [0.1, 0.15) is 51.4 Å². The third kappa shape index (κ3) is 2.92. The van der Waals surface area contributed by atoms with Crippen molar-refractivity contribution in [2.75, 3.05) is 0 Å². The number of H-pyrrole nitrogens is 1. The van der Waals surface area contributed by atoms with Crippen LogP contribution in [0, 0.1) is 0 Å². The highest BCUT2D eigenvalue weighted by Crippen LogP contribution is 2.11. The predicted octanol–water partition coefficient (Wildman–Crippen LogP) is 1.17. The van der Waals surface area contributed by atoms with E-state index in [1.807, 2.05) is 0 Å². The number of unbranched alkanes of at least 4 members (excludes halogenated alkanes) is 1. The smallest absolute Gasteiger partial charge is 0.321 e. The number of nitrogens with zero attached hydrogens (tertiary/aromatic N) is 2. The SMILES string of the molecule is CCCCn1c(C(N)CCC)n[nH]c1=O. The molecule has 0 radical (unpaired) electrons. The summed E-state index contributed by atoms with van der Waals surface area (Å²) in [5.74, 6) is 0.690. The second-order valence-corrected chi connectivity index (χ2v) is 3.79. The van der Waals surface area contributed by atoms with Crippen LogP contribution in [0.4, 0.5) is 0 Å². The van der Waals surface area contributed by atoms with Crippen molar-refractivity contribution < 1.29 is 0 Å². The van der Waals surface area contributed by atoms with E-state index in [9.17, 15) is 4.79 Å². The van der Waals surface area contributed by atoms with Crippen LogP contribution in [0.5, 0.6) is 0 Å². The normalized spacial score (nSPS) is 13.0. The highest BCUT2D eigenvalue weighted by molar-refractivity contribution is 4.93. The van der Waals surface area contributed by atoms with Crippen molar-refractivity contribution in [3.05, 3.63) is 16.3 Å². The molecule has 1 aromatic heterocycles. The van der Waals surface area contributed by atoms with Gasteiger partial charge in [0, 0.05) is 6.54 Å². The van der Waals surface area contributed by atoms with Gasteiger partial charge in [0.1, 0.15) is 5.82 Å². The van der Waals surface area contributed by atoms with Gasteiger partial charge in [0.25, 0.3) is 0 Å². The number of nitrogens with two attached hydrogens (primary N) is 1. The number of rotatable bonds is 6. The van der Waals surface area contributed by atoms with Crippen molar-refractivity contribution in [1.29, 1.82) is 0 Å². The van der Waals surface area contributed by atoms with E-state index in [4.69, 9.17) is 5.73 Å². The highest BCUT2D eigenvalue weighted by Gasteiger charge is 2.14. The van der Waals surface area contributed by atoms with Gasteiger partial charge in [-0.05, 0) is 12.8 Å². The molecule has 0 saturated carbocycles. The molecular weight excluding hydrogens is 192 g/mol. The average Bonchev–Trinajstić information content (AvgIpc) is 2.57. The van der Waals surface area contributed by atoms with Gasteiger partial charge in [-0.2, -0.15) is 5.10 Å². The fourth-order valence-corrected chi connectivity index (χ4v) is 1.59. The fourth-order valence-electron chi connectivity index (χ4n) is 1.59. The number of aromatic nitrogens is 3. The van der Waals surface area contributed by atoms with Crippen LogP contribution in [-0.4, -0.2) is 14.8 Å². The molecule has 3 N–H and O–H groups in total. The zero-order valence-corrected chi connectivity index (χ0v) is 9.49. The van der Waals surface area contributed by atoms with Gasteiger partial charge in [-0.25, -0.2) is 9.89 Å². The number of hydrogen-bond donors (Lipinski definition) is 2. The molecular formula is C10H20N4O. The lowest BCUT2D eigenvalue weighted by Gasteiger charge is -2.10. The van der Waals surface area contributed by atoms with Gasteiger partial charge in [0.05, 0.1) is 6.04 Å². The number of hydrogen-bond acceptors (Lipinski definition) is 3. The van der Waals surface area contributed by atoms with E-state index in [2.05, 4.69) is 24.0 Å². The second-order valence-electron chi connectivity index (χ2n) is 3.79. The van der Waals surface area contributed by atoms with E-state index in [1.165, 1.54) is 0 Å². The van der Waals surface area contributed by atoms with E-state index < -0.39 is 0 Å². The Hall–Kier alpha value is -1.10. The molecule has 86 valence electrons. The van der Waals surface area contributed by atoms with Gasteiger partial charge in [-0.1, -0.05) is 26.7 Å². The lowest BCUT2D eigenvalue weighted by atomic mass is 10.1. The fraction of sp³-hybridized carbons (Fsp3) is 0.800. The van der Waals surface area contributed by atoms with Gasteiger partial charge < -0.3 is 5.73 Å². The standard InChI is InChI=1S/C10H20N4O/c1-3-5-7-14-9(8(11)6-4-2)12-13-10(14)15/h8H,3-7,11H2,1-2H3,(H,13,15). The molecule has 0 aliphatic rings. The van der Waals surface area contributed by atoms with Gasteiger partial charge in [0.15, 0.2) is 0 Å². The summed E-state index contributed by atoms with van der Waals surface area (Å²) in [5.41, 5.74) is 5.80. The summed E-state index contributed by atoms with van der Waals surface area (Å²) in [6.07, 6.45) is 3.89. The first kappa shape index (κ1) is 12.0. The Kier molecular flexibility index (Phi) is 4.55. The number of aromatic amines is 1. The Morgan fingerprint density at radius 1 is 1.47 bits per heavy atom. The van der Waals surface area contributed by atoms with E-state index in [1.54, 1.807) is 4.57 Å². The van der Waals surface area contributed by atoms with Crippen molar-refractivity contribution in [2.24, 2.45) is 5.73 Å². The molecule has 15 heavy (non-hydrogen) atoms. The first-order valence-electron chi connectivity index (χ1n) is 5.61. The van der Waals surface area contributed by atoms with Crippen LogP contribution in [0.3, 0.4) is 0 Å². The van der Waals surface area contributed by atoms with Crippen molar-refractivity contribution in [2.45, 2.75) is 52.1 Å². The van der Waals surface area contributed by atoms with Gasteiger partial charge in [0.2, 0.25) is 0 Å². The van der Waals surface area contributed by atoms with Crippen LogP contribution in [0.25, 0.3) is 0 Å². The minimum Gasteiger partial charge on any atom is -0.321 e. The molecule has 1 heterocycles. The highest BCUT2D eigenvalue weighted by atomic mass is 16.1. The molecule has 1 unspecified atom stereocenters. The van der Waals surface area contributed by atoms with Crippen molar-refractivity contribution in [3.63, 3.8) is 0 Å². The Labute approximate surface area is 89.7 Å². The second kappa shape index (κ2) is 5.70. The first-order valence-corrected chi connectivity index (χ1v) is 5.61. The molecule has 0 aromatic carbocycles. The largest absolute Gasteiger partial charge is 0.343 e. The lowest BCUT2D eigenvalue weighted by Crippen LogP contribution is -2.23. The molecule has 0 amide bonds. The first-order chi connectivity index (χ1) is 7.20. The Morgan fingerprint density at radius 2 is 2.20 bits per heavy atom. The van der Waals surface area contributed by atoms with E-state index in [0.717, 1.165) is 25.7 Å². The summed E-state index contributed by atoms with van der Waals surface area (Å²) in [7, 11) is 0. The van der Waals surface area contributed by atoms with Crippen LogP contribution >= 0.6 is 0 Å². The summed E-state index contributed by atoms with van der Waals surface area (Å²) in [5, 5.41) is 6.45. The zero-order valence-electron chi connectivity index (χ0n) is 9.49. The topological polar surface area (TPSA) is 76.7 Å². The molecule has 5 nitrogen and oxygen atoms in total. The molecule has 0 saturated heterocycles. The summed E-state index contributed by atoms with van der Waals surface area (Å²) < 4.78 is 1.66. The Bertz CT molecular complexity index is 341. The van der Waals surface area contributed by atoms with Gasteiger partial charge in [-0.3, -0.25) is 4.57 Å². The van der Waals surface area contributed by atoms with E-state index >= 15 is 0 Å². The molecule has 0 fully saturated rings. The lowest BCUT2D eigenvalue weighted by molar-refractivity contribution is 0.526. The van der Waals surface area contributed by atoms with Crippen molar-refractivity contribution in [1.82, 2.24) is 14.8 Å². The van der Waals surface area contributed by atoms with Crippen LogP contribution in [0.15, 0.2) is 4.79 Å². The summed E-state index contributed by atoms with van der Waals surface area (Å²) in [4.78, 5) is 11.4. The number of nitrogens with one attached hydrogen (secondary N) is 1. The molecule has 1 atom stereocenters. The van der Waals surface area contributed by atoms with Crippen molar-refractivity contribution >= 4 is 0 Å². The molecule has 1 aromatic rings. The monoisotopic (exact) mass is 212 g/mol. The average molecular weight is 212 g/mol. The summed E-state index contributed by atoms with van der Waals surface area (Å²) in [6, 6.07) is -0.134. The molecule has 0 aliphatic carbocycles. The molecule has 1 rings (SSSR count). The maximum absolute atomic E-state index is 11.4.